The fourth-order valence-corrected chi connectivity index (χ4v) is 3.21. The highest BCUT2D eigenvalue weighted by Crippen LogP contribution is 2.17. The zero-order valence-electron chi connectivity index (χ0n) is 13.9. The molecule has 0 aromatic heterocycles. The molecule has 1 saturated carbocycles. The molecule has 1 amide bonds. The number of likely N-dealkylation sites (tertiary alicyclic amines) is 1. The van der Waals surface area contributed by atoms with Crippen molar-refractivity contribution in [3.63, 3.8) is 0 Å². The molecule has 0 aromatic rings. The number of rotatable bonds is 4. The van der Waals surface area contributed by atoms with Gasteiger partial charge in [-0.2, -0.15) is 0 Å². The molecule has 1 heterocycles. The number of nitrogens with one attached hydrogen (secondary N) is 2. The van der Waals surface area contributed by atoms with E-state index in [1.54, 1.807) is 0 Å². The summed E-state index contributed by atoms with van der Waals surface area (Å²) in [5.74, 6) is 1.92. The van der Waals surface area contributed by atoms with Crippen molar-refractivity contribution in [3.8, 4) is 0 Å². The van der Waals surface area contributed by atoms with E-state index in [1.807, 2.05) is 7.05 Å². The summed E-state index contributed by atoms with van der Waals surface area (Å²) in [5, 5.41) is 6.45. The van der Waals surface area contributed by atoms with Crippen LogP contribution in [0.3, 0.4) is 0 Å². The van der Waals surface area contributed by atoms with Gasteiger partial charge in [0, 0.05) is 39.1 Å². The Morgan fingerprint density at radius 2 is 1.82 bits per heavy atom. The van der Waals surface area contributed by atoms with E-state index in [0.717, 1.165) is 37.8 Å². The highest BCUT2D eigenvalue weighted by atomic mass is 127. The molecule has 2 rings (SSSR count). The van der Waals surface area contributed by atoms with Crippen LogP contribution in [0.4, 0.5) is 0 Å². The van der Waals surface area contributed by atoms with E-state index >= 15 is 0 Å². The number of aliphatic imine (C=N–C) groups is 1. The fourth-order valence-electron chi connectivity index (χ4n) is 3.21. The van der Waals surface area contributed by atoms with Crippen LogP contribution in [-0.4, -0.2) is 49.5 Å². The van der Waals surface area contributed by atoms with Gasteiger partial charge in [0.25, 0.3) is 0 Å². The van der Waals surface area contributed by atoms with Gasteiger partial charge in [-0.15, -0.1) is 24.0 Å². The van der Waals surface area contributed by atoms with Gasteiger partial charge in [0.15, 0.2) is 5.96 Å². The van der Waals surface area contributed by atoms with Gasteiger partial charge in [0.2, 0.25) is 5.91 Å². The minimum absolute atomic E-state index is 0. The lowest BCUT2D eigenvalue weighted by Gasteiger charge is -2.32. The average Bonchev–Trinajstić information content (AvgIpc) is 2.98. The molecule has 2 aliphatic rings. The van der Waals surface area contributed by atoms with Gasteiger partial charge in [-0.05, 0) is 31.6 Å². The second-order valence-corrected chi connectivity index (χ2v) is 6.44. The van der Waals surface area contributed by atoms with Crippen molar-refractivity contribution in [2.75, 3.05) is 26.7 Å². The van der Waals surface area contributed by atoms with Crippen LogP contribution in [0.2, 0.25) is 0 Å². The Bertz CT molecular complexity index is 361. The summed E-state index contributed by atoms with van der Waals surface area (Å²) >= 11 is 0. The number of halogens is 1. The predicted octanol–water partition coefficient (Wildman–Crippen LogP) is 2.36. The molecule has 0 radical (unpaired) electrons. The van der Waals surface area contributed by atoms with Crippen LogP contribution in [0, 0.1) is 5.92 Å². The number of guanidine groups is 1. The monoisotopic (exact) mass is 422 g/mol. The van der Waals surface area contributed by atoms with E-state index in [-0.39, 0.29) is 29.9 Å². The van der Waals surface area contributed by atoms with Gasteiger partial charge in [0.1, 0.15) is 0 Å². The quantitative estimate of drug-likeness (QED) is 0.416. The first-order valence-electron chi connectivity index (χ1n) is 8.44. The number of nitrogens with zero attached hydrogens (tertiary/aromatic N) is 2. The van der Waals surface area contributed by atoms with Crippen LogP contribution >= 0.6 is 24.0 Å². The van der Waals surface area contributed by atoms with Gasteiger partial charge in [-0.1, -0.05) is 19.8 Å². The molecule has 5 nitrogen and oxygen atoms in total. The summed E-state index contributed by atoms with van der Waals surface area (Å²) in [6.07, 6.45) is 7.78. The number of hydrogen-bond acceptors (Lipinski definition) is 2. The third-order valence-electron chi connectivity index (χ3n) is 4.65. The third kappa shape index (κ3) is 6.30. The topological polar surface area (TPSA) is 56.7 Å². The lowest BCUT2D eigenvalue weighted by Crippen LogP contribution is -2.46. The van der Waals surface area contributed by atoms with Crippen molar-refractivity contribution in [1.82, 2.24) is 15.5 Å². The van der Waals surface area contributed by atoms with Crippen molar-refractivity contribution in [3.05, 3.63) is 0 Å². The van der Waals surface area contributed by atoms with E-state index in [1.165, 1.54) is 25.7 Å². The molecule has 6 heteroatoms. The number of carbonyl (C=O) groups is 1. The van der Waals surface area contributed by atoms with Gasteiger partial charge < -0.3 is 15.5 Å². The average molecular weight is 422 g/mol. The number of piperidine rings is 1. The molecule has 1 aliphatic heterocycles. The van der Waals surface area contributed by atoms with Crippen molar-refractivity contribution in [2.24, 2.45) is 10.9 Å². The highest BCUT2D eigenvalue weighted by Gasteiger charge is 2.19. The Balaban J connectivity index is 0.00000242. The maximum absolute atomic E-state index is 11.9. The normalized spacial score (nSPS) is 20.6. The third-order valence-corrected chi connectivity index (χ3v) is 4.65. The molecule has 0 bridgehead atoms. The van der Waals surface area contributed by atoms with Crippen LogP contribution in [0.15, 0.2) is 4.99 Å². The first-order valence-corrected chi connectivity index (χ1v) is 8.44. The van der Waals surface area contributed by atoms with Gasteiger partial charge in [-0.25, -0.2) is 0 Å². The van der Waals surface area contributed by atoms with Gasteiger partial charge in [0.05, 0.1) is 0 Å². The number of amides is 1. The molecular formula is C16H31IN4O. The fraction of sp³-hybridized carbons (Fsp3) is 0.875. The summed E-state index contributed by atoms with van der Waals surface area (Å²) < 4.78 is 0. The minimum Gasteiger partial charge on any atom is -0.356 e. The maximum atomic E-state index is 11.9. The summed E-state index contributed by atoms with van der Waals surface area (Å²) in [6.45, 7) is 5.10. The van der Waals surface area contributed by atoms with E-state index in [4.69, 9.17) is 0 Å². The van der Waals surface area contributed by atoms with Crippen molar-refractivity contribution < 1.29 is 4.79 Å². The van der Waals surface area contributed by atoms with Gasteiger partial charge >= 0.3 is 0 Å². The number of carbonyl (C=O) groups excluding carboxylic acids is 1. The lowest BCUT2D eigenvalue weighted by molar-refractivity contribution is -0.121. The molecular weight excluding hydrogens is 391 g/mol. The highest BCUT2D eigenvalue weighted by molar-refractivity contribution is 14.0. The van der Waals surface area contributed by atoms with E-state index < -0.39 is 0 Å². The molecule has 0 aromatic carbocycles. The second kappa shape index (κ2) is 10.3. The predicted molar refractivity (Wildman–Crippen MR) is 102 cm³/mol. The zero-order chi connectivity index (χ0) is 15.1. The smallest absolute Gasteiger partial charge is 0.221 e. The van der Waals surface area contributed by atoms with Crippen LogP contribution in [0.5, 0.6) is 0 Å². The molecule has 128 valence electrons. The molecule has 1 aliphatic carbocycles. The lowest BCUT2D eigenvalue weighted by atomic mass is 10.00. The molecule has 2 fully saturated rings. The van der Waals surface area contributed by atoms with Crippen LogP contribution in [0.25, 0.3) is 0 Å². The van der Waals surface area contributed by atoms with Crippen molar-refractivity contribution in [2.45, 2.75) is 57.9 Å². The van der Waals surface area contributed by atoms with E-state index in [9.17, 15) is 4.79 Å². The van der Waals surface area contributed by atoms with Crippen LogP contribution in [0.1, 0.15) is 51.9 Å². The Labute approximate surface area is 151 Å². The molecule has 1 saturated heterocycles. The van der Waals surface area contributed by atoms with Gasteiger partial charge in [-0.3, -0.25) is 9.79 Å². The Hall–Kier alpha value is -0.530. The molecule has 2 N–H and O–H groups in total. The first-order chi connectivity index (χ1) is 10.2. The summed E-state index contributed by atoms with van der Waals surface area (Å²) in [7, 11) is 1.82. The molecule has 0 unspecified atom stereocenters. The van der Waals surface area contributed by atoms with Crippen molar-refractivity contribution >= 4 is 35.8 Å². The second-order valence-electron chi connectivity index (χ2n) is 6.44. The SMILES string of the molecule is CN=C(NCCC(=O)NC1CCCC1)N1CCC(C)CC1.I. The standard InChI is InChI=1S/C16H30N4O.HI/c1-13-8-11-20(12-9-13)16(17-2)18-10-7-15(21)19-14-5-3-4-6-14;/h13-14H,3-12H2,1-2H3,(H,17,18)(H,19,21);1H. The summed E-state index contributed by atoms with van der Waals surface area (Å²) in [4.78, 5) is 18.5. The van der Waals surface area contributed by atoms with Crippen LogP contribution in [-0.2, 0) is 4.79 Å². The van der Waals surface area contributed by atoms with Crippen molar-refractivity contribution in [1.29, 1.82) is 0 Å². The first kappa shape index (κ1) is 19.5. The molecule has 0 spiro atoms. The molecule has 22 heavy (non-hydrogen) atoms. The van der Waals surface area contributed by atoms with Crippen LogP contribution < -0.4 is 10.6 Å². The summed E-state index contributed by atoms with van der Waals surface area (Å²) in [5.41, 5.74) is 0. The zero-order valence-corrected chi connectivity index (χ0v) is 16.3. The Morgan fingerprint density at radius 1 is 1.18 bits per heavy atom. The Morgan fingerprint density at radius 3 is 2.41 bits per heavy atom. The largest absolute Gasteiger partial charge is 0.356 e. The Kier molecular flexibility index (Phi) is 9.12. The maximum Gasteiger partial charge on any atom is 0.221 e. The van der Waals surface area contributed by atoms with E-state index in [0.29, 0.717) is 19.0 Å². The minimum atomic E-state index is 0. The number of hydrogen-bond donors (Lipinski definition) is 2. The molecule has 0 atom stereocenters. The summed E-state index contributed by atoms with van der Waals surface area (Å²) in [6, 6.07) is 0.417. The van der Waals surface area contributed by atoms with E-state index in [2.05, 4.69) is 27.4 Å².